The second-order valence-electron chi connectivity index (χ2n) is 11.7. The monoisotopic (exact) mass is 588 g/mol. The molecule has 0 spiro atoms. The maximum absolute atomic E-state index is 6.52. The predicted molar refractivity (Wildman–Crippen MR) is 187 cm³/mol. The van der Waals surface area contributed by atoms with Crippen molar-refractivity contribution in [2.75, 3.05) is 0 Å². The molecule has 10 rings (SSSR count). The van der Waals surface area contributed by atoms with Crippen molar-refractivity contribution in [3.8, 4) is 28.7 Å². The Morgan fingerprint density at radius 2 is 0.957 bits per heavy atom. The minimum Gasteiger partial charge on any atom is -0.456 e. The second-order valence-corrected chi connectivity index (χ2v) is 11.7. The van der Waals surface area contributed by atoms with Crippen molar-refractivity contribution in [1.82, 2.24) is 19.5 Å². The van der Waals surface area contributed by atoms with Gasteiger partial charge in [-0.1, -0.05) is 109 Å². The van der Waals surface area contributed by atoms with Crippen LogP contribution in [0, 0.1) is 0 Å². The third kappa shape index (κ3) is 3.72. The lowest BCUT2D eigenvalue weighted by atomic mass is 10.0. The van der Waals surface area contributed by atoms with Crippen molar-refractivity contribution in [3.63, 3.8) is 0 Å². The zero-order valence-corrected chi connectivity index (χ0v) is 24.6. The van der Waals surface area contributed by atoms with Gasteiger partial charge in [0.05, 0.1) is 11.0 Å². The van der Waals surface area contributed by atoms with Crippen LogP contribution in [-0.2, 0) is 0 Å². The molecule has 0 bridgehead atoms. The third-order valence-electron chi connectivity index (χ3n) is 8.99. The lowest BCUT2D eigenvalue weighted by molar-refractivity contribution is 0.669. The Hall–Kier alpha value is -6.33. The van der Waals surface area contributed by atoms with E-state index in [4.69, 9.17) is 19.4 Å². The van der Waals surface area contributed by atoms with Crippen LogP contribution < -0.4 is 0 Å². The molecule has 0 N–H and O–H groups in total. The maximum Gasteiger partial charge on any atom is 0.238 e. The molecule has 0 fully saturated rings. The minimum atomic E-state index is 0.570. The lowest BCUT2D eigenvalue weighted by Crippen LogP contribution is -2.06. The van der Waals surface area contributed by atoms with E-state index in [0.29, 0.717) is 17.6 Å². The summed E-state index contributed by atoms with van der Waals surface area (Å²) in [6.07, 6.45) is 0. The number of nitrogens with zero attached hydrogens (tertiary/aromatic N) is 4. The molecule has 0 saturated carbocycles. The predicted octanol–water partition coefficient (Wildman–Crippen LogP) is 10.5. The van der Waals surface area contributed by atoms with Crippen molar-refractivity contribution in [2.45, 2.75) is 0 Å². The van der Waals surface area contributed by atoms with Gasteiger partial charge in [0, 0.05) is 32.7 Å². The summed E-state index contributed by atoms with van der Waals surface area (Å²) in [4.78, 5) is 15.2. The molecule has 0 saturated heterocycles. The van der Waals surface area contributed by atoms with E-state index < -0.39 is 0 Å². The normalized spacial score (nSPS) is 11.9. The number of rotatable bonds is 3. The summed E-state index contributed by atoms with van der Waals surface area (Å²) in [5.74, 6) is 1.82. The van der Waals surface area contributed by atoms with Gasteiger partial charge in [-0.2, -0.15) is 9.97 Å². The first-order chi connectivity index (χ1) is 22.8. The summed E-state index contributed by atoms with van der Waals surface area (Å²) in [5, 5.41) is 9.10. The molecular weight excluding hydrogens is 564 g/mol. The molecule has 0 aliphatic heterocycles. The molecule has 0 radical (unpaired) electrons. The van der Waals surface area contributed by atoms with Gasteiger partial charge in [0.2, 0.25) is 5.95 Å². The number of aromatic nitrogens is 4. The van der Waals surface area contributed by atoms with Gasteiger partial charge in [-0.3, -0.25) is 4.57 Å². The van der Waals surface area contributed by atoms with Crippen LogP contribution in [-0.4, -0.2) is 19.5 Å². The number of hydrogen-bond donors (Lipinski definition) is 0. The first kappa shape index (κ1) is 25.0. The van der Waals surface area contributed by atoms with Gasteiger partial charge in [0.25, 0.3) is 0 Å². The van der Waals surface area contributed by atoms with E-state index in [1.807, 2.05) is 60.7 Å². The van der Waals surface area contributed by atoms with Crippen molar-refractivity contribution < 1.29 is 4.42 Å². The van der Waals surface area contributed by atoms with Gasteiger partial charge in [0.15, 0.2) is 11.6 Å². The van der Waals surface area contributed by atoms with E-state index >= 15 is 0 Å². The minimum absolute atomic E-state index is 0.570. The summed E-state index contributed by atoms with van der Waals surface area (Å²) in [6, 6.07) is 50.3. The van der Waals surface area contributed by atoms with E-state index in [9.17, 15) is 0 Å². The summed E-state index contributed by atoms with van der Waals surface area (Å²) in [5.41, 5.74) is 5.64. The third-order valence-corrected chi connectivity index (χ3v) is 8.99. The quantitative estimate of drug-likeness (QED) is 0.206. The van der Waals surface area contributed by atoms with E-state index in [1.54, 1.807) is 0 Å². The first-order valence-corrected chi connectivity index (χ1v) is 15.4. The topological polar surface area (TPSA) is 56.7 Å². The van der Waals surface area contributed by atoms with Gasteiger partial charge in [-0.15, -0.1) is 0 Å². The van der Waals surface area contributed by atoms with Crippen LogP contribution >= 0.6 is 0 Å². The van der Waals surface area contributed by atoms with E-state index in [1.165, 1.54) is 10.8 Å². The summed E-state index contributed by atoms with van der Waals surface area (Å²) in [6.45, 7) is 0. The molecule has 5 nitrogen and oxygen atoms in total. The fourth-order valence-corrected chi connectivity index (χ4v) is 6.86. The summed E-state index contributed by atoms with van der Waals surface area (Å²) < 4.78 is 8.71. The molecule has 5 heteroatoms. The van der Waals surface area contributed by atoms with Crippen LogP contribution in [0.2, 0.25) is 0 Å². The number of benzene rings is 7. The molecule has 0 unspecified atom stereocenters. The standard InChI is InChI=1S/C41H24N4O/c1-3-11-25(12-4-1)39-42-40(26-13-5-2-6-14-26)44-41(43-39)45-33-19-20-35-38(32-22-28-16-8-10-18-30(28)24-36(32)46-35)37(33)31-21-27-15-7-9-17-29(27)23-34(31)45/h1-24H. The average molecular weight is 589 g/mol. The van der Waals surface area contributed by atoms with Gasteiger partial charge < -0.3 is 4.42 Å². The molecular formula is C41H24N4O. The molecule has 10 aromatic rings. The molecule has 0 atom stereocenters. The highest BCUT2D eigenvalue weighted by atomic mass is 16.3. The number of fused-ring (bicyclic) bond motifs is 9. The number of furan rings is 1. The van der Waals surface area contributed by atoms with Crippen molar-refractivity contribution in [1.29, 1.82) is 0 Å². The van der Waals surface area contributed by atoms with Crippen molar-refractivity contribution in [3.05, 3.63) is 146 Å². The Morgan fingerprint density at radius 1 is 0.413 bits per heavy atom. The molecule has 0 amide bonds. The Balaban J connectivity index is 1.37. The van der Waals surface area contributed by atoms with Gasteiger partial charge >= 0.3 is 0 Å². The number of hydrogen-bond acceptors (Lipinski definition) is 4. The maximum atomic E-state index is 6.52. The fraction of sp³-hybridized carbons (Fsp3) is 0. The van der Waals surface area contributed by atoms with E-state index in [-0.39, 0.29) is 0 Å². The van der Waals surface area contributed by atoms with E-state index in [0.717, 1.165) is 65.6 Å². The average Bonchev–Trinajstić information content (AvgIpc) is 3.64. The van der Waals surface area contributed by atoms with Crippen molar-refractivity contribution >= 4 is 65.3 Å². The molecule has 46 heavy (non-hydrogen) atoms. The van der Waals surface area contributed by atoms with Crippen LogP contribution in [0.25, 0.3) is 94.0 Å². The van der Waals surface area contributed by atoms with Crippen LogP contribution in [0.3, 0.4) is 0 Å². The smallest absolute Gasteiger partial charge is 0.238 e. The van der Waals surface area contributed by atoms with Crippen LogP contribution in [0.5, 0.6) is 0 Å². The summed E-state index contributed by atoms with van der Waals surface area (Å²) >= 11 is 0. The highest BCUT2D eigenvalue weighted by Gasteiger charge is 2.22. The SMILES string of the molecule is c1ccc(-c2nc(-c3ccccc3)nc(-n3c4cc5ccccc5cc4c4c5c(ccc43)oc3cc4ccccc4cc35)n2)cc1. The Labute approximate surface area is 263 Å². The lowest BCUT2D eigenvalue weighted by Gasteiger charge is -2.11. The summed E-state index contributed by atoms with van der Waals surface area (Å²) in [7, 11) is 0. The van der Waals surface area contributed by atoms with Crippen molar-refractivity contribution in [2.24, 2.45) is 0 Å². The Bertz CT molecular complexity index is 2740. The fourth-order valence-electron chi connectivity index (χ4n) is 6.86. The van der Waals surface area contributed by atoms with E-state index in [2.05, 4.69) is 89.5 Å². The Morgan fingerprint density at radius 3 is 1.59 bits per heavy atom. The first-order valence-electron chi connectivity index (χ1n) is 15.4. The highest BCUT2D eigenvalue weighted by Crippen LogP contribution is 2.43. The molecule has 0 aliphatic rings. The Kier molecular flexibility index (Phi) is 5.22. The van der Waals surface area contributed by atoms with Gasteiger partial charge in [-0.25, -0.2) is 4.98 Å². The molecule has 3 heterocycles. The molecule has 7 aromatic carbocycles. The van der Waals surface area contributed by atoms with Crippen LogP contribution in [0.15, 0.2) is 150 Å². The van der Waals surface area contributed by atoms with Gasteiger partial charge in [-0.05, 0) is 57.9 Å². The largest absolute Gasteiger partial charge is 0.456 e. The van der Waals surface area contributed by atoms with Crippen LogP contribution in [0.4, 0.5) is 0 Å². The second kappa shape index (κ2) is 9.58. The molecule has 0 aliphatic carbocycles. The van der Waals surface area contributed by atoms with Gasteiger partial charge in [0.1, 0.15) is 11.2 Å². The molecule has 214 valence electrons. The zero-order chi connectivity index (χ0) is 30.2. The molecule has 3 aromatic heterocycles. The zero-order valence-electron chi connectivity index (χ0n) is 24.6. The van der Waals surface area contributed by atoms with Crippen LogP contribution in [0.1, 0.15) is 0 Å². The highest BCUT2D eigenvalue weighted by molar-refractivity contribution is 6.29.